The zero-order valence-electron chi connectivity index (χ0n) is 50.4. The average Bonchev–Trinajstić information content (AvgIpc) is 1.48. The molecule has 0 atom stereocenters. The van der Waals surface area contributed by atoms with Crippen molar-refractivity contribution in [3.63, 3.8) is 0 Å². The number of benzene rings is 12. The number of aromatic nitrogens is 4. The lowest BCUT2D eigenvalue weighted by Gasteiger charge is -2.27. The van der Waals surface area contributed by atoms with E-state index in [9.17, 15) is 11.8 Å². The topological polar surface area (TPSA) is 74.2 Å². The van der Waals surface area contributed by atoms with Gasteiger partial charge in [0.1, 0.15) is 17.2 Å². The lowest BCUT2D eigenvalue weighted by Crippen LogP contribution is -2.15. The Bertz CT molecular complexity index is 6000. The molecule has 8 heteroatoms. The van der Waals surface area contributed by atoms with Gasteiger partial charge in [-0.2, -0.15) is 5.26 Å². The van der Waals surface area contributed by atoms with Crippen molar-refractivity contribution in [2.45, 2.75) is 52.4 Å². The number of furan rings is 2. The van der Waals surface area contributed by atoms with E-state index in [1.54, 1.807) is 0 Å². The van der Waals surface area contributed by atoms with Gasteiger partial charge >= 0.3 is 0 Å². The molecule has 6 aromatic heterocycles. The maximum Gasteiger partial charge on any atom is 0.237 e. The molecular weight excluding hydrogens is 1100 g/mol. The second kappa shape index (κ2) is 18.5. The van der Waals surface area contributed by atoms with Gasteiger partial charge in [-0.05, 0) is 106 Å². The van der Waals surface area contributed by atoms with E-state index >= 15 is 0 Å². The number of para-hydroxylation sites is 6. The van der Waals surface area contributed by atoms with Gasteiger partial charge in [0.15, 0.2) is 11.2 Å². The third-order valence-electron chi connectivity index (χ3n) is 19.1. The minimum atomic E-state index is -0.320. The molecule has 0 spiro atoms. The molecule has 0 unspecified atom stereocenters. The standard InChI is InChI=1S/C82H56N6O2/c1-81(2,3)49-38-42-68-59(44-49)60-45-62(82(4,5)6)71-57-30-16-22-36-70(57)90-80(71)76(60)88(68)78-74(85-63-31-17-11-25-50(63)51-26-12-18-32-64(51)85)61(46-83)73(72(84-7)77(78)86-65-33-19-13-27-52(65)53-28-14-20-34-66(53)86)87-67-41-37-48(47-23-9-8-10-24-47)43-58(67)55-39-40-56-54-29-15-21-35-69(54)89-79(56)75(55)87/h8-45H,1-6H3. The first-order chi connectivity index (χ1) is 43.9. The van der Waals surface area contributed by atoms with Crippen molar-refractivity contribution in [2.24, 2.45) is 0 Å². The van der Waals surface area contributed by atoms with Crippen LogP contribution in [-0.4, -0.2) is 18.3 Å². The van der Waals surface area contributed by atoms with Gasteiger partial charge in [0.05, 0.1) is 79.0 Å². The number of hydrogen-bond acceptors (Lipinski definition) is 3. The maximum absolute atomic E-state index is 13.1. The Hall–Kier alpha value is -11.6. The van der Waals surface area contributed by atoms with E-state index in [0.29, 0.717) is 33.9 Å². The molecule has 90 heavy (non-hydrogen) atoms. The second-order valence-corrected chi connectivity index (χ2v) is 26.1. The monoisotopic (exact) mass is 1160 g/mol. The van der Waals surface area contributed by atoms with Gasteiger partial charge in [0.2, 0.25) is 5.69 Å². The highest BCUT2D eigenvalue weighted by atomic mass is 16.3. The molecule has 0 fully saturated rings. The van der Waals surface area contributed by atoms with Crippen LogP contribution in [0, 0.1) is 17.9 Å². The number of rotatable bonds is 5. The van der Waals surface area contributed by atoms with E-state index in [0.717, 1.165) is 142 Å². The van der Waals surface area contributed by atoms with Gasteiger partial charge in [-0.25, -0.2) is 4.85 Å². The minimum Gasteiger partial charge on any atom is -0.454 e. The number of nitriles is 1. The van der Waals surface area contributed by atoms with E-state index < -0.39 is 0 Å². The van der Waals surface area contributed by atoms with Gasteiger partial charge in [-0.1, -0.05) is 199 Å². The molecule has 0 aliphatic heterocycles. The molecular formula is C82H56N6O2. The molecule has 0 saturated carbocycles. The van der Waals surface area contributed by atoms with Crippen LogP contribution in [0.5, 0.6) is 0 Å². The summed E-state index contributed by atoms with van der Waals surface area (Å²) in [5.74, 6) is 0. The molecule has 0 radical (unpaired) electrons. The van der Waals surface area contributed by atoms with E-state index in [1.807, 2.05) is 30.3 Å². The second-order valence-electron chi connectivity index (χ2n) is 26.1. The van der Waals surface area contributed by atoms with Crippen LogP contribution in [0.1, 0.15) is 58.2 Å². The van der Waals surface area contributed by atoms with Crippen molar-refractivity contribution >= 4 is 137 Å². The molecule has 0 aliphatic carbocycles. The van der Waals surface area contributed by atoms with Gasteiger partial charge < -0.3 is 27.1 Å². The number of nitrogens with zero attached hydrogens (tertiary/aromatic N) is 6. The van der Waals surface area contributed by atoms with Crippen LogP contribution in [0.15, 0.2) is 239 Å². The molecule has 12 aromatic carbocycles. The van der Waals surface area contributed by atoms with E-state index in [1.165, 1.54) is 5.56 Å². The van der Waals surface area contributed by atoms with Crippen molar-refractivity contribution in [3.05, 3.63) is 259 Å². The Kier molecular flexibility index (Phi) is 10.6. The summed E-state index contributed by atoms with van der Waals surface area (Å²) in [5, 5.41) is 25.1. The fourth-order valence-corrected chi connectivity index (χ4v) is 15.1. The predicted octanol–water partition coefficient (Wildman–Crippen LogP) is 22.6. The van der Waals surface area contributed by atoms with Crippen molar-refractivity contribution in [1.82, 2.24) is 18.3 Å². The summed E-state index contributed by atoms with van der Waals surface area (Å²) in [6.07, 6.45) is 0. The Balaban J connectivity index is 1.17. The lowest BCUT2D eigenvalue weighted by atomic mass is 9.82. The Labute approximate surface area is 517 Å². The highest BCUT2D eigenvalue weighted by molar-refractivity contribution is 6.26. The molecule has 0 saturated heterocycles. The highest BCUT2D eigenvalue weighted by Crippen LogP contribution is 2.55. The fourth-order valence-electron chi connectivity index (χ4n) is 15.1. The van der Waals surface area contributed by atoms with Crippen LogP contribution >= 0.6 is 0 Å². The molecule has 0 N–H and O–H groups in total. The van der Waals surface area contributed by atoms with Gasteiger partial charge in [-0.3, -0.25) is 0 Å². The third-order valence-corrected chi connectivity index (χ3v) is 19.1. The van der Waals surface area contributed by atoms with Gasteiger partial charge in [0.25, 0.3) is 0 Å². The van der Waals surface area contributed by atoms with Crippen LogP contribution in [0.3, 0.4) is 0 Å². The summed E-state index contributed by atoms with van der Waals surface area (Å²) in [6.45, 7) is 23.9. The fraction of sp³-hybridized carbons (Fsp3) is 0.0976. The summed E-state index contributed by atoms with van der Waals surface area (Å²) in [6, 6.07) is 84.3. The van der Waals surface area contributed by atoms with E-state index in [-0.39, 0.29) is 16.5 Å². The summed E-state index contributed by atoms with van der Waals surface area (Å²) in [5.41, 5.74) is 16.6. The highest BCUT2D eigenvalue weighted by Gasteiger charge is 2.37. The summed E-state index contributed by atoms with van der Waals surface area (Å²) in [4.78, 5) is 4.95. The van der Waals surface area contributed by atoms with Crippen LogP contribution in [0.25, 0.3) is 170 Å². The van der Waals surface area contributed by atoms with Gasteiger partial charge in [0, 0.05) is 64.6 Å². The van der Waals surface area contributed by atoms with Crippen molar-refractivity contribution in [2.75, 3.05) is 0 Å². The van der Waals surface area contributed by atoms with Crippen LogP contribution < -0.4 is 0 Å². The zero-order valence-corrected chi connectivity index (χ0v) is 50.4. The largest absolute Gasteiger partial charge is 0.454 e. The molecule has 0 aliphatic rings. The van der Waals surface area contributed by atoms with E-state index in [2.05, 4.69) is 266 Å². The Morgan fingerprint density at radius 1 is 0.367 bits per heavy atom. The first-order valence-electron chi connectivity index (χ1n) is 30.8. The van der Waals surface area contributed by atoms with Crippen molar-refractivity contribution in [3.8, 4) is 39.9 Å². The molecule has 426 valence electrons. The SMILES string of the molecule is [C-]#[N+]c1c(-n2c3ccccc3c3ccccc32)c(-n2c3ccc(C(C)(C)C)cc3c3cc(C(C)(C)C)c4c5ccccc5oc4c32)c(-n2c3ccccc3c3ccccc32)c(C#N)c1-n1c2ccc(-c3ccccc3)cc2c2ccc3c4ccccc4oc3c21. The molecule has 18 aromatic rings. The van der Waals surface area contributed by atoms with Gasteiger partial charge in [-0.15, -0.1) is 0 Å². The lowest BCUT2D eigenvalue weighted by molar-refractivity contribution is 0.591. The minimum absolute atomic E-state index is 0.219. The number of hydrogen-bond donors (Lipinski definition) is 0. The first kappa shape index (κ1) is 51.6. The smallest absolute Gasteiger partial charge is 0.237 e. The number of fused-ring (bicyclic) bond motifs is 20. The first-order valence-corrected chi connectivity index (χ1v) is 30.8. The normalized spacial score (nSPS) is 12.5. The molecule has 6 heterocycles. The quantitative estimate of drug-likeness (QED) is 0.161. The molecule has 8 nitrogen and oxygen atoms in total. The van der Waals surface area contributed by atoms with Crippen molar-refractivity contribution in [1.29, 1.82) is 5.26 Å². The van der Waals surface area contributed by atoms with Crippen molar-refractivity contribution < 1.29 is 8.83 Å². The summed E-state index contributed by atoms with van der Waals surface area (Å²) in [7, 11) is 0. The Morgan fingerprint density at radius 2 is 0.844 bits per heavy atom. The summed E-state index contributed by atoms with van der Waals surface area (Å²) >= 11 is 0. The molecule has 0 bridgehead atoms. The maximum atomic E-state index is 13.1. The summed E-state index contributed by atoms with van der Waals surface area (Å²) < 4.78 is 23.8. The Morgan fingerprint density at radius 3 is 1.43 bits per heavy atom. The third kappa shape index (κ3) is 6.99. The van der Waals surface area contributed by atoms with Crippen LogP contribution in [-0.2, 0) is 10.8 Å². The molecule has 0 amide bonds. The van der Waals surface area contributed by atoms with Crippen LogP contribution in [0.2, 0.25) is 0 Å². The van der Waals surface area contributed by atoms with E-state index in [4.69, 9.17) is 13.7 Å². The average molecular weight is 1160 g/mol. The molecule has 18 rings (SSSR count). The zero-order chi connectivity index (χ0) is 60.6. The van der Waals surface area contributed by atoms with Crippen LogP contribution in [0.4, 0.5) is 5.69 Å². The predicted molar refractivity (Wildman–Crippen MR) is 372 cm³/mol.